The first-order valence-electron chi connectivity index (χ1n) is 10.6. The molecule has 0 aliphatic carbocycles. The summed E-state index contributed by atoms with van der Waals surface area (Å²) in [6.45, 7) is 8.07. The summed E-state index contributed by atoms with van der Waals surface area (Å²) in [5, 5.41) is 9.66. The van der Waals surface area contributed by atoms with E-state index < -0.39 is 12.1 Å². The number of rotatable bonds is 10. The van der Waals surface area contributed by atoms with Crippen LogP contribution in [0.15, 0.2) is 73.5 Å². The van der Waals surface area contributed by atoms with Crippen LogP contribution in [0.5, 0.6) is 0 Å². The van der Waals surface area contributed by atoms with E-state index in [2.05, 4.69) is 46.4 Å². The highest BCUT2D eigenvalue weighted by Gasteiger charge is 2.26. The Morgan fingerprint density at radius 1 is 1.09 bits per heavy atom. The fraction of sp³-hybridized carbons (Fsp3) is 0.292. The smallest absolute Gasteiger partial charge is 0.279 e. The molecule has 1 saturated heterocycles. The molecule has 0 atom stereocenters. The van der Waals surface area contributed by atoms with Gasteiger partial charge in [-0.3, -0.25) is 5.43 Å². The Hall–Kier alpha value is -2.92. The van der Waals surface area contributed by atoms with E-state index in [0.29, 0.717) is 10.9 Å². The predicted molar refractivity (Wildman–Crippen MR) is 131 cm³/mol. The normalized spacial score (nSPS) is 14.0. The lowest BCUT2D eigenvalue weighted by Gasteiger charge is -2.31. The van der Waals surface area contributed by atoms with Crippen molar-refractivity contribution in [3.63, 3.8) is 0 Å². The first-order valence-corrected chi connectivity index (χ1v) is 11.5. The molecule has 166 valence electrons. The van der Waals surface area contributed by atoms with Gasteiger partial charge < -0.3 is 9.73 Å². The Labute approximate surface area is 193 Å². The van der Waals surface area contributed by atoms with Gasteiger partial charge in [-0.1, -0.05) is 68.3 Å². The van der Waals surface area contributed by atoms with E-state index in [1.165, 1.54) is 0 Å². The molecule has 8 heteroatoms. The predicted octanol–water partition coefficient (Wildman–Crippen LogP) is 5.91. The second-order valence-electron chi connectivity index (χ2n) is 7.83. The molecule has 0 bridgehead atoms. The van der Waals surface area contributed by atoms with Crippen molar-refractivity contribution in [1.82, 2.24) is 10.9 Å². The minimum absolute atomic E-state index is 0.193. The van der Waals surface area contributed by atoms with E-state index in [-0.39, 0.29) is 6.71 Å². The maximum atomic E-state index is 12.5. The third-order valence-electron chi connectivity index (χ3n) is 5.44. The summed E-state index contributed by atoms with van der Waals surface area (Å²) in [6, 6.07) is 18.2. The fourth-order valence-corrected chi connectivity index (χ4v) is 4.83. The van der Waals surface area contributed by atoms with Crippen LogP contribution in [0.1, 0.15) is 24.0 Å². The molecule has 4 nitrogen and oxygen atoms in total. The maximum absolute atomic E-state index is 12.5. The average molecular weight is 452 g/mol. The molecule has 2 aromatic rings. The van der Waals surface area contributed by atoms with Crippen LogP contribution in [-0.4, -0.2) is 18.4 Å². The molecule has 0 amide bonds. The van der Waals surface area contributed by atoms with Crippen molar-refractivity contribution in [3.8, 4) is 5.97 Å². The van der Waals surface area contributed by atoms with Gasteiger partial charge in [0, 0.05) is 16.9 Å². The number of nitrogens with zero attached hydrogens (tertiary/aromatic N) is 2. The van der Waals surface area contributed by atoms with Gasteiger partial charge in [0.25, 0.3) is 13.1 Å². The van der Waals surface area contributed by atoms with Crippen molar-refractivity contribution in [1.29, 1.82) is 5.26 Å². The Balaban J connectivity index is 1.64. The molecule has 0 aromatic heterocycles. The summed E-state index contributed by atoms with van der Waals surface area (Å²) in [7, 11) is 0. The van der Waals surface area contributed by atoms with Crippen molar-refractivity contribution < 1.29 is 8.78 Å². The summed E-state index contributed by atoms with van der Waals surface area (Å²) in [5.41, 5.74) is 8.21. The number of para-hydroxylation sites is 1. The summed E-state index contributed by atoms with van der Waals surface area (Å²) in [5.74, 6) is 2.40. The van der Waals surface area contributed by atoms with Crippen LogP contribution in [0, 0.1) is 11.2 Å². The molecule has 2 aromatic carbocycles. The molecule has 0 radical (unpaired) electrons. The van der Waals surface area contributed by atoms with E-state index in [1.54, 1.807) is 0 Å². The number of allylic oxidation sites excluding steroid dienone is 1. The Bertz CT molecular complexity index is 939. The number of hydrazine groups is 1. The summed E-state index contributed by atoms with van der Waals surface area (Å²) >= 11 is 1.85. The first kappa shape index (κ1) is 23.7. The number of nitriles is 1. The lowest BCUT2D eigenvalue weighted by Crippen LogP contribution is -2.31. The number of alkyl halides is 2. The highest BCUT2D eigenvalue weighted by Crippen LogP contribution is 2.35. The standard InChI is InChI=1S/C24H27BF2N4S/c1-18(29-30-19(2)24(26)27)21-10-8-20(9-11-21)16-31(22-6-4-3-5-7-22)32-23-12-14-25(17-28)15-13-23/h3-11,23-24,29-30H,1-2,12-16H2. The van der Waals surface area contributed by atoms with Crippen LogP contribution < -0.4 is 15.2 Å². The van der Waals surface area contributed by atoms with Crippen molar-refractivity contribution in [2.75, 3.05) is 4.31 Å². The third-order valence-corrected chi connectivity index (χ3v) is 6.81. The van der Waals surface area contributed by atoms with Crippen LogP contribution in [0.4, 0.5) is 14.5 Å². The van der Waals surface area contributed by atoms with Crippen molar-refractivity contribution in [2.24, 2.45) is 0 Å². The zero-order valence-electron chi connectivity index (χ0n) is 17.9. The topological polar surface area (TPSA) is 51.1 Å². The van der Waals surface area contributed by atoms with E-state index in [1.807, 2.05) is 54.4 Å². The zero-order chi connectivity index (χ0) is 22.9. The van der Waals surface area contributed by atoms with Crippen molar-refractivity contribution in [3.05, 3.63) is 84.6 Å². The number of halogens is 2. The van der Waals surface area contributed by atoms with Crippen LogP contribution >= 0.6 is 11.9 Å². The molecule has 1 fully saturated rings. The van der Waals surface area contributed by atoms with E-state index in [0.717, 1.165) is 48.8 Å². The molecule has 1 aliphatic rings. The number of benzene rings is 2. The third kappa shape index (κ3) is 6.79. The van der Waals surface area contributed by atoms with Gasteiger partial charge in [0.2, 0.25) is 0 Å². The Morgan fingerprint density at radius 3 is 2.34 bits per heavy atom. The molecule has 32 heavy (non-hydrogen) atoms. The zero-order valence-corrected chi connectivity index (χ0v) is 18.8. The molecular formula is C24H27BF2N4S. The van der Waals surface area contributed by atoms with Gasteiger partial charge in [0.1, 0.15) is 0 Å². The van der Waals surface area contributed by atoms with Crippen LogP contribution in [-0.2, 0) is 6.54 Å². The Morgan fingerprint density at radius 2 is 1.75 bits per heavy atom. The average Bonchev–Trinajstić information content (AvgIpc) is 2.83. The first-order chi connectivity index (χ1) is 15.5. The van der Waals surface area contributed by atoms with E-state index in [4.69, 9.17) is 5.26 Å². The monoisotopic (exact) mass is 452 g/mol. The molecule has 0 unspecified atom stereocenters. The minimum atomic E-state index is -2.64. The van der Waals surface area contributed by atoms with Gasteiger partial charge in [-0.25, -0.2) is 14.0 Å². The molecular weight excluding hydrogens is 425 g/mol. The number of nitrogens with one attached hydrogen (secondary N) is 2. The van der Waals surface area contributed by atoms with Gasteiger partial charge in [-0.2, -0.15) is 0 Å². The van der Waals surface area contributed by atoms with Crippen molar-refractivity contribution >= 4 is 30.0 Å². The summed E-state index contributed by atoms with van der Waals surface area (Å²) in [6.07, 6.45) is 1.38. The minimum Gasteiger partial charge on any atom is -0.312 e. The summed E-state index contributed by atoms with van der Waals surface area (Å²) in [4.78, 5) is 0. The largest absolute Gasteiger partial charge is 0.312 e. The van der Waals surface area contributed by atoms with Crippen molar-refractivity contribution in [2.45, 2.75) is 43.7 Å². The molecule has 1 heterocycles. The molecule has 0 saturated carbocycles. The highest BCUT2D eigenvalue weighted by atomic mass is 32.2. The second kappa shape index (κ2) is 11.6. The molecule has 0 spiro atoms. The van der Waals surface area contributed by atoms with Gasteiger partial charge in [-0.15, -0.1) is 0 Å². The van der Waals surface area contributed by atoms with Crippen LogP contribution in [0.25, 0.3) is 5.70 Å². The molecule has 1 aliphatic heterocycles. The Kier molecular flexibility index (Phi) is 8.63. The number of hydrogen-bond donors (Lipinski definition) is 2. The van der Waals surface area contributed by atoms with E-state index >= 15 is 0 Å². The SMILES string of the molecule is C=C(NNC(=C)C(F)F)c1ccc(CN(SC2CCB(C#N)CC2)c2ccccc2)cc1. The molecule has 2 N–H and O–H groups in total. The van der Waals surface area contributed by atoms with Gasteiger partial charge in [0.15, 0.2) is 0 Å². The van der Waals surface area contributed by atoms with Gasteiger partial charge >= 0.3 is 0 Å². The fourth-order valence-electron chi connectivity index (χ4n) is 3.52. The van der Waals surface area contributed by atoms with Crippen LogP contribution in [0.3, 0.4) is 0 Å². The number of hydrogen-bond acceptors (Lipinski definition) is 5. The molecule has 3 rings (SSSR count). The number of anilines is 1. The lowest BCUT2D eigenvalue weighted by molar-refractivity contribution is 0.179. The maximum Gasteiger partial charge on any atom is 0.279 e. The van der Waals surface area contributed by atoms with Crippen LogP contribution in [0.2, 0.25) is 12.6 Å². The van der Waals surface area contributed by atoms with Gasteiger partial charge in [0.05, 0.1) is 17.9 Å². The van der Waals surface area contributed by atoms with E-state index in [9.17, 15) is 8.78 Å². The van der Waals surface area contributed by atoms with Gasteiger partial charge in [-0.05, 0) is 48.0 Å². The second-order valence-corrected chi connectivity index (χ2v) is 9.15. The quantitative estimate of drug-likeness (QED) is 0.267. The highest BCUT2D eigenvalue weighted by molar-refractivity contribution is 8.01. The lowest BCUT2D eigenvalue weighted by atomic mass is 9.43. The summed E-state index contributed by atoms with van der Waals surface area (Å²) < 4.78 is 27.4.